The minimum Gasteiger partial charge on any atom is -0.508 e. The number of benzene rings is 3. The average molecular weight is 688 g/mol. The second-order valence-electron chi connectivity index (χ2n) is 10.6. The summed E-state index contributed by atoms with van der Waals surface area (Å²) in [5.41, 5.74) is 3.39. The molecule has 0 saturated carbocycles. The predicted octanol–water partition coefficient (Wildman–Crippen LogP) is 8.59. The molecule has 0 aromatic heterocycles. The van der Waals surface area contributed by atoms with Crippen LogP contribution in [0.5, 0.6) is 11.5 Å². The number of fused-ring (bicyclic) bond motifs is 1. The number of carboxylic acids is 1. The van der Waals surface area contributed by atoms with Crippen molar-refractivity contribution in [2.75, 3.05) is 0 Å². The van der Waals surface area contributed by atoms with Crippen LogP contribution < -0.4 is 0 Å². The molecule has 0 aliphatic carbocycles. The lowest BCUT2D eigenvalue weighted by molar-refractivity contribution is 0.0239. The molecule has 4 rings (SSSR count). The van der Waals surface area contributed by atoms with Crippen LogP contribution in [0.25, 0.3) is 0 Å². The van der Waals surface area contributed by atoms with Gasteiger partial charge in [0.2, 0.25) is 0 Å². The molecule has 0 amide bonds. The molecule has 0 fully saturated rings. The summed E-state index contributed by atoms with van der Waals surface area (Å²) in [7, 11) is 0. The molecule has 1 heterocycles. The lowest BCUT2D eigenvalue weighted by Crippen LogP contribution is -2.35. The maximum Gasteiger partial charge on any atom is 0.340 e. The van der Waals surface area contributed by atoms with Gasteiger partial charge in [-0.05, 0) is 67.1 Å². The Balaban J connectivity index is 2.38. The summed E-state index contributed by atoms with van der Waals surface area (Å²) < 4.78 is 7.96. The Morgan fingerprint density at radius 1 is 0.756 bits per heavy atom. The van der Waals surface area contributed by atoms with E-state index in [1.165, 1.54) is 18.2 Å². The van der Waals surface area contributed by atoms with Crippen molar-refractivity contribution in [3.05, 3.63) is 89.3 Å². The molecule has 1 aliphatic rings. The number of carbonyl (C=O) groups excluding carboxylic acids is 1. The highest BCUT2D eigenvalue weighted by molar-refractivity contribution is 9.10. The number of aromatic hydroxyl groups is 2. The number of carbonyl (C=O) groups is 2. The van der Waals surface area contributed by atoms with Crippen LogP contribution in [0.1, 0.15) is 113 Å². The fourth-order valence-electron chi connectivity index (χ4n) is 6.18. The van der Waals surface area contributed by atoms with E-state index in [1.807, 2.05) is 13.8 Å². The van der Waals surface area contributed by atoms with Crippen molar-refractivity contribution in [1.29, 1.82) is 0 Å². The molecule has 0 unspecified atom stereocenters. The van der Waals surface area contributed by atoms with Gasteiger partial charge in [-0.2, -0.15) is 0 Å². The van der Waals surface area contributed by atoms with Gasteiger partial charge < -0.3 is 20.1 Å². The fraction of sp³-hybridized carbons (Fsp3) is 0.394. The van der Waals surface area contributed by atoms with Gasteiger partial charge in [0, 0.05) is 36.8 Å². The Labute approximate surface area is 258 Å². The number of rotatable bonds is 11. The summed E-state index contributed by atoms with van der Waals surface area (Å²) in [4.78, 5) is 26.0. The summed E-state index contributed by atoms with van der Waals surface area (Å²) in [5.74, 6) is -1.56. The lowest BCUT2D eigenvalue weighted by atomic mass is 9.70. The first-order valence-corrected chi connectivity index (χ1v) is 15.8. The standard InChI is InChI=1S/C33H36Br2O6/c1-5-9-20-25(34)16-27(36)22(11-7-3)29(20)33(24-15-18(31(38)39)13-14-19(24)32(40)41-33)30-21(10-6-2)26(35)17-28(37)23(30)12-8-4/h13-17,36-37H,5-12H2,1-4H3,(H,38,39). The van der Waals surface area contributed by atoms with Gasteiger partial charge in [0.25, 0.3) is 0 Å². The van der Waals surface area contributed by atoms with Gasteiger partial charge in [0.05, 0.1) is 11.1 Å². The summed E-state index contributed by atoms with van der Waals surface area (Å²) in [6.45, 7) is 8.15. The van der Waals surface area contributed by atoms with Crippen molar-refractivity contribution in [1.82, 2.24) is 0 Å². The van der Waals surface area contributed by atoms with E-state index < -0.39 is 17.5 Å². The molecule has 1 aliphatic heterocycles. The number of ether oxygens (including phenoxy) is 1. The van der Waals surface area contributed by atoms with Gasteiger partial charge >= 0.3 is 11.9 Å². The monoisotopic (exact) mass is 686 g/mol. The SMILES string of the molecule is CCCc1c(O)cc(Br)c(CCC)c1C1(c2c(CCC)c(O)cc(Br)c2CCC)OC(=O)c2ccc(C(=O)O)cc21. The third kappa shape index (κ3) is 5.29. The van der Waals surface area contributed by atoms with Crippen molar-refractivity contribution in [3.63, 3.8) is 0 Å². The van der Waals surface area contributed by atoms with E-state index in [0.29, 0.717) is 75.3 Å². The first kappa shape index (κ1) is 31.1. The average Bonchev–Trinajstić information content (AvgIpc) is 3.21. The number of esters is 1. The van der Waals surface area contributed by atoms with Gasteiger partial charge in [0.1, 0.15) is 11.5 Å². The number of carboxylic acid groups (broad SMARTS) is 1. The van der Waals surface area contributed by atoms with Crippen LogP contribution in [-0.4, -0.2) is 27.3 Å². The molecular formula is C33H36Br2O6. The van der Waals surface area contributed by atoms with Crippen LogP contribution >= 0.6 is 31.9 Å². The van der Waals surface area contributed by atoms with E-state index in [9.17, 15) is 24.9 Å². The highest BCUT2D eigenvalue weighted by Crippen LogP contribution is 2.56. The van der Waals surface area contributed by atoms with Gasteiger partial charge in [-0.15, -0.1) is 0 Å². The number of aromatic carboxylic acids is 1. The van der Waals surface area contributed by atoms with E-state index >= 15 is 0 Å². The second kappa shape index (κ2) is 12.6. The molecule has 0 spiro atoms. The highest BCUT2D eigenvalue weighted by atomic mass is 79.9. The number of cyclic esters (lactones) is 1. The lowest BCUT2D eigenvalue weighted by Gasteiger charge is -2.38. The summed E-state index contributed by atoms with van der Waals surface area (Å²) >= 11 is 7.39. The first-order valence-electron chi connectivity index (χ1n) is 14.3. The molecule has 0 atom stereocenters. The van der Waals surface area contributed by atoms with Crippen LogP contribution in [0.3, 0.4) is 0 Å². The number of halogens is 2. The summed E-state index contributed by atoms with van der Waals surface area (Å²) in [6.07, 6.45) is 5.23. The largest absolute Gasteiger partial charge is 0.508 e. The van der Waals surface area contributed by atoms with Crippen molar-refractivity contribution in [2.45, 2.75) is 84.7 Å². The van der Waals surface area contributed by atoms with Gasteiger partial charge in [-0.3, -0.25) is 0 Å². The Kier molecular flexibility index (Phi) is 9.54. The molecule has 41 heavy (non-hydrogen) atoms. The van der Waals surface area contributed by atoms with Gasteiger partial charge in [-0.25, -0.2) is 9.59 Å². The Hall–Kier alpha value is -2.84. The van der Waals surface area contributed by atoms with E-state index in [0.717, 1.165) is 24.0 Å². The zero-order valence-corrected chi connectivity index (χ0v) is 27.0. The molecular weight excluding hydrogens is 652 g/mol. The molecule has 0 radical (unpaired) electrons. The van der Waals surface area contributed by atoms with E-state index in [1.54, 1.807) is 12.1 Å². The maximum absolute atomic E-state index is 13.8. The zero-order valence-electron chi connectivity index (χ0n) is 23.9. The number of hydrogen-bond acceptors (Lipinski definition) is 5. The normalized spacial score (nSPS) is 13.8. The third-order valence-electron chi connectivity index (χ3n) is 7.74. The minimum atomic E-state index is -1.61. The number of hydrogen-bond donors (Lipinski definition) is 3. The summed E-state index contributed by atoms with van der Waals surface area (Å²) in [6, 6.07) is 7.83. The second-order valence-corrected chi connectivity index (χ2v) is 12.3. The molecule has 3 aromatic carbocycles. The molecule has 3 aromatic rings. The topological polar surface area (TPSA) is 104 Å². The van der Waals surface area contributed by atoms with Crippen LogP contribution in [0.2, 0.25) is 0 Å². The quantitative estimate of drug-likeness (QED) is 0.175. The van der Waals surface area contributed by atoms with E-state index in [-0.39, 0.29) is 22.6 Å². The molecule has 8 heteroatoms. The highest BCUT2D eigenvalue weighted by Gasteiger charge is 2.54. The third-order valence-corrected chi connectivity index (χ3v) is 9.16. The molecule has 218 valence electrons. The summed E-state index contributed by atoms with van der Waals surface area (Å²) in [5, 5.41) is 32.8. The van der Waals surface area contributed by atoms with Crippen molar-refractivity contribution >= 4 is 43.8 Å². The van der Waals surface area contributed by atoms with Crippen LogP contribution in [0, 0.1) is 0 Å². The molecule has 0 saturated heterocycles. The number of phenolic OH excluding ortho intramolecular Hbond substituents is 2. The van der Waals surface area contributed by atoms with Crippen LogP contribution in [-0.2, 0) is 36.0 Å². The predicted molar refractivity (Wildman–Crippen MR) is 166 cm³/mol. The van der Waals surface area contributed by atoms with Gasteiger partial charge in [-0.1, -0.05) is 85.2 Å². The van der Waals surface area contributed by atoms with E-state index in [4.69, 9.17) is 4.74 Å². The number of phenols is 2. The van der Waals surface area contributed by atoms with Crippen LogP contribution in [0.4, 0.5) is 0 Å². The minimum absolute atomic E-state index is 0.0213. The van der Waals surface area contributed by atoms with Crippen molar-refractivity contribution in [3.8, 4) is 11.5 Å². The zero-order chi connectivity index (χ0) is 30.1. The maximum atomic E-state index is 13.8. The van der Waals surface area contributed by atoms with Crippen LogP contribution in [0.15, 0.2) is 39.3 Å². The Morgan fingerprint density at radius 3 is 1.61 bits per heavy atom. The Morgan fingerprint density at radius 2 is 1.20 bits per heavy atom. The van der Waals surface area contributed by atoms with Crippen molar-refractivity contribution in [2.24, 2.45) is 0 Å². The van der Waals surface area contributed by atoms with E-state index in [2.05, 4.69) is 45.7 Å². The first-order chi connectivity index (χ1) is 19.6. The Bertz CT molecular complexity index is 1380. The smallest absolute Gasteiger partial charge is 0.340 e. The molecule has 0 bridgehead atoms. The van der Waals surface area contributed by atoms with Crippen molar-refractivity contribution < 1.29 is 29.6 Å². The van der Waals surface area contributed by atoms with Gasteiger partial charge in [0.15, 0.2) is 5.60 Å². The fourth-order valence-corrected chi connectivity index (χ4v) is 7.41. The molecule has 3 N–H and O–H groups in total. The molecule has 6 nitrogen and oxygen atoms in total.